The highest BCUT2D eigenvalue weighted by atomic mass is 16.2. The Balaban J connectivity index is 2.41. The molecule has 0 saturated carbocycles. The average molecular weight is 241 g/mol. The van der Waals surface area contributed by atoms with Gasteiger partial charge in [-0.3, -0.25) is 9.69 Å². The average Bonchev–Trinajstić information content (AvgIpc) is 2.28. The fourth-order valence-corrected chi connectivity index (χ4v) is 2.30. The Morgan fingerprint density at radius 3 is 2.47 bits per heavy atom. The van der Waals surface area contributed by atoms with Gasteiger partial charge in [-0.15, -0.1) is 0 Å². The maximum Gasteiger partial charge on any atom is 0.236 e. The van der Waals surface area contributed by atoms with Crippen LogP contribution in [0.1, 0.15) is 40.0 Å². The first kappa shape index (κ1) is 14.5. The normalized spacial score (nSPS) is 18.6. The molecule has 1 aliphatic rings. The van der Waals surface area contributed by atoms with Gasteiger partial charge in [0.1, 0.15) is 0 Å². The van der Waals surface area contributed by atoms with E-state index in [2.05, 4.69) is 25.7 Å². The van der Waals surface area contributed by atoms with Crippen molar-refractivity contribution < 1.29 is 4.79 Å². The van der Waals surface area contributed by atoms with Gasteiger partial charge in [-0.1, -0.05) is 6.92 Å². The molecule has 1 aliphatic heterocycles. The summed E-state index contributed by atoms with van der Waals surface area (Å²) in [6.07, 6.45) is 3.06. The number of nitrogens with zero attached hydrogens (tertiary/aromatic N) is 2. The Bertz CT molecular complexity index is 235. The summed E-state index contributed by atoms with van der Waals surface area (Å²) in [5, 5.41) is 0. The minimum atomic E-state index is 0.261. The topological polar surface area (TPSA) is 49.6 Å². The number of piperidine rings is 1. The number of nitrogens with two attached hydrogens (primary N) is 1. The van der Waals surface area contributed by atoms with Gasteiger partial charge in [0.2, 0.25) is 5.91 Å². The van der Waals surface area contributed by atoms with E-state index in [4.69, 9.17) is 5.73 Å². The fourth-order valence-electron chi connectivity index (χ4n) is 2.30. The molecule has 0 aliphatic carbocycles. The standard InChI is InChI=1S/C13H27N3O/c1-4-7-16(11(2)3)13(17)10-15-8-5-12(14)6-9-15/h11-12H,4-10,14H2,1-3H3. The van der Waals surface area contributed by atoms with Gasteiger partial charge in [0.05, 0.1) is 6.54 Å². The van der Waals surface area contributed by atoms with Gasteiger partial charge in [-0.25, -0.2) is 0 Å². The number of amides is 1. The van der Waals surface area contributed by atoms with Crippen LogP contribution in [-0.2, 0) is 4.79 Å². The van der Waals surface area contributed by atoms with E-state index in [0.29, 0.717) is 18.6 Å². The minimum absolute atomic E-state index is 0.261. The molecule has 0 unspecified atom stereocenters. The van der Waals surface area contributed by atoms with E-state index in [9.17, 15) is 4.79 Å². The lowest BCUT2D eigenvalue weighted by Crippen LogP contribution is -2.47. The van der Waals surface area contributed by atoms with E-state index in [-0.39, 0.29) is 5.91 Å². The molecule has 17 heavy (non-hydrogen) atoms. The first-order valence-electron chi connectivity index (χ1n) is 6.82. The smallest absolute Gasteiger partial charge is 0.236 e. The van der Waals surface area contributed by atoms with Crippen molar-refractivity contribution in [1.29, 1.82) is 0 Å². The molecule has 0 aromatic carbocycles. The number of rotatable bonds is 5. The van der Waals surface area contributed by atoms with E-state index >= 15 is 0 Å². The van der Waals surface area contributed by atoms with Crippen molar-refractivity contribution in [3.63, 3.8) is 0 Å². The highest BCUT2D eigenvalue weighted by Crippen LogP contribution is 2.09. The van der Waals surface area contributed by atoms with Crippen LogP contribution in [0.15, 0.2) is 0 Å². The summed E-state index contributed by atoms with van der Waals surface area (Å²) in [4.78, 5) is 16.4. The van der Waals surface area contributed by atoms with Gasteiger partial charge in [-0.2, -0.15) is 0 Å². The lowest BCUT2D eigenvalue weighted by Gasteiger charge is -2.33. The third kappa shape index (κ3) is 4.64. The third-order valence-electron chi connectivity index (χ3n) is 3.40. The van der Waals surface area contributed by atoms with Crippen molar-refractivity contribution in [3.05, 3.63) is 0 Å². The minimum Gasteiger partial charge on any atom is -0.339 e. The van der Waals surface area contributed by atoms with E-state index in [0.717, 1.165) is 38.9 Å². The molecular formula is C13H27N3O. The lowest BCUT2D eigenvalue weighted by molar-refractivity contribution is -0.134. The quantitative estimate of drug-likeness (QED) is 0.783. The van der Waals surface area contributed by atoms with Gasteiger partial charge in [0, 0.05) is 31.7 Å². The van der Waals surface area contributed by atoms with Crippen LogP contribution in [0.2, 0.25) is 0 Å². The van der Waals surface area contributed by atoms with Crippen molar-refractivity contribution in [2.45, 2.75) is 52.1 Å². The predicted octanol–water partition coefficient (Wildman–Crippen LogP) is 1.06. The summed E-state index contributed by atoms with van der Waals surface area (Å²) in [5.41, 5.74) is 5.86. The zero-order chi connectivity index (χ0) is 12.8. The molecule has 1 fully saturated rings. The van der Waals surface area contributed by atoms with Crippen LogP contribution in [0, 0.1) is 0 Å². The van der Waals surface area contributed by atoms with Crippen LogP contribution in [0.4, 0.5) is 0 Å². The summed E-state index contributed by atoms with van der Waals surface area (Å²) in [6.45, 7) is 9.63. The third-order valence-corrected chi connectivity index (χ3v) is 3.40. The Hall–Kier alpha value is -0.610. The van der Waals surface area contributed by atoms with Crippen molar-refractivity contribution in [1.82, 2.24) is 9.80 Å². The highest BCUT2D eigenvalue weighted by Gasteiger charge is 2.22. The zero-order valence-electron chi connectivity index (χ0n) is 11.5. The molecule has 0 spiro atoms. The molecule has 0 aromatic heterocycles. The van der Waals surface area contributed by atoms with Gasteiger partial charge in [0.25, 0.3) is 0 Å². The second kappa shape index (κ2) is 6.97. The number of hydrogen-bond acceptors (Lipinski definition) is 3. The van der Waals surface area contributed by atoms with Crippen molar-refractivity contribution >= 4 is 5.91 Å². The Morgan fingerprint density at radius 2 is 2.00 bits per heavy atom. The van der Waals surface area contributed by atoms with Crippen molar-refractivity contribution in [2.24, 2.45) is 5.73 Å². The first-order valence-corrected chi connectivity index (χ1v) is 6.82. The fraction of sp³-hybridized carbons (Fsp3) is 0.923. The molecule has 1 saturated heterocycles. The SMILES string of the molecule is CCCN(C(=O)CN1CCC(N)CC1)C(C)C. The molecule has 0 atom stereocenters. The molecule has 4 heteroatoms. The molecule has 2 N–H and O–H groups in total. The summed E-state index contributed by atoms with van der Waals surface area (Å²) in [6, 6.07) is 0.632. The van der Waals surface area contributed by atoms with Crippen molar-refractivity contribution in [3.8, 4) is 0 Å². The Labute approximate surface area is 105 Å². The van der Waals surface area contributed by atoms with Crippen molar-refractivity contribution in [2.75, 3.05) is 26.2 Å². The maximum atomic E-state index is 12.2. The molecule has 1 heterocycles. The van der Waals surface area contributed by atoms with Crippen LogP contribution in [0.5, 0.6) is 0 Å². The van der Waals surface area contributed by atoms with Crippen LogP contribution in [-0.4, -0.2) is 54.0 Å². The molecular weight excluding hydrogens is 214 g/mol. The molecule has 4 nitrogen and oxygen atoms in total. The first-order chi connectivity index (χ1) is 8.04. The maximum absolute atomic E-state index is 12.2. The van der Waals surface area contributed by atoms with Crippen LogP contribution < -0.4 is 5.73 Å². The highest BCUT2D eigenvalue weighted by molar-refractivity contribution is 5.78. The van der Waals surface area contributed by atoms with E-state index in [1.165, 1.54) is 0 Å². The summed E-state index contributed by atoms with van der Waals surface area (Å²) >= 11 is 0. The number of carbonyl (C=O) groups excluding carboxylic acids is 1. The summed E-state index contributed by atoms with van der Waals surface area (Å²) in [7, 11) is 0. The van der Waals surface area contributed by atoms with E-state index in [1.807, 2.05) is 4.90 Å². The number of hydrogen-bond donors (Lipinski definition) is 1. The lowest BCUT2D eigenvalue weighted by atomic mass is 10.1. The Kier molecular flexibility index (Phi) is 5.92. The zero-order valence-corrected chi connectivity index (χ0v) is 11.5. The monoisotopic (exact) mass is 241 g/mol. The van der Waals surface area contributed by atoms with Gasteiger partial charge >= 0.3 is 0 Å². The summed E-state index contributed by atoms with van der Waals surface area (Å²) < 4.78 is 0. The molecule has 0 aromatic rings. The van der Waals surface area contributed by atoms with Gasteiger partial charge < -0.3 is 10.6 Å². The molecule has 0 bridgehead atoms. The van der Waals surface area contributed by atoms with Gasteiger partial charge in [0.15, 0.2) is 0 Å². The molecule has 100 valence electrons. The number of likely N-dealkylation sites (tertiary alicyclic amines) is 1. The van der Waals surface area contributed by atoms with Gasteiger partial charge in [-0.05, 0) is 33.1 Å². The van der Waals surface area contributed by atoms with E-state index < -0.39 is 0 Å². The molecule has 1 rings (SSSR count). The predicted molar refractivity (Wildman–Crippen MR) is 70.8 cm³/mol. The largest absolute Gasteiger partial charge is 0.339 e. The molecule has 1 amide bonds. The second-order valence-electron chi connectivity index (χ2n) is 5.29. The van der Waals surface area contributed by atoms with E-state index in [1.54, 1.807) is 0 Å². The number of carbonyl (C=O) groups is 1. The summed E-state index contributed by atoms with van der Waals surface area (Å²) in [5.74, 6) is 0.261. The Morgan fingerprint density at radius 1 is 1.41 bits per heavy atom. The van der Waals surface area contributed by atoms with Crippen LogP contribution >= 0.6 is 0 Å². The van der Waals surface area contributed by atoms with Crippen LogP contribution in [0.25, 0.3) is 0 Å². The second-order valence-corrected chi connectivity index (χ2v) is 5.29. The van der Waals surface area contributed by atoms with Crippen LogP contribution in [0.3, 0.4) is 0 Å². The molecule has 0 radical (unpaired) electrons.